The third-order valence-electron chi connectivity index (χ3n) is 3.45. The van der Waals surface area contributed by atoms with E-state index in [9.17, 15) is 8.78 Å². The minimum Gasteiger partial charge on any atom is -0.173 e. The summed E-state index contributed by atoms with van der Waals surface area (Å²) in [7, 11) is 0. The minimum absolute atomic E-state index is 0.0481. The fourth-order valence-corrected chi connectivity index (χ4v) is 3.04. The lowest BCUT2D eigenvalue weighted by molar-refractivity contribution is 0.425. The summed E-state index contributed by atoms with van der Waals surface area (Å²) >= 11 is 3.17. The second kappa shape index (κ2) is 5.33. The summed E-state index contributed by atoms with van der Waals surface area (Å²) in [6.45, 7) is 0. The van der Waals surface area contributed by atoms with Crippen molar-refractivity contribution >= 4 is 43.0 Å². The van der Waals surface area contributed by atoms with Gasteiger partial charge in [-0.15, -0.1) is 0 Å². The van der Waals surface area contributed by atoms with E-state index in [1.54, 1.807) is 0 Å². The number of hydrogen-bond acceptors (Lipinski definition) is 0. The van der Waals surface area contributed by atoms with E-state index in [4.69, 9.17) is 0 Å². The van der Waals surface area contributed by atoms with Crippen molar-refractivity contribution in [2.75, 3.05) is 5.33 Å². The van der Waals surface area contributed by atoms with Crippen molar-refractivity contribution in [2.45, 2.75) is 0 Å². The molecule has 0 spiro atoms. The van der Waals surface area contributed by atoms with Gasteiger partial charge in [-0.25, -0.2) is 0 Å². The number of benzene rings is 3. The van der Waals surface area contributed by atoms with E-state index in [0.717, 1.165) is 21.5 Å². The third-order valence-corrected chi connectivity index (χ3v) is 4.02. The largest absolute Gasteiger partial charge is 0.274 e. The molecule has 0 radical (unpaired) electrons. The molecule has 0 heterocycles. The molecule has 0 aliphatic rings. The van der Waals surface area contributed by atoms with Crippen LogP contribution >= 0.6 is 15.9 Å². The molecular weight excluding hydrogens is 322 g/mol. The van der Waals surface area contributed by atoms with Crippen LogP contribution < -0.4 is 0 Å². The van der Waals surface area contributed by atoms with Crippen molar-refractivity contribution in [1.29, 1.82) is 0 Å². The topological polar surface area (TPSA) is 0 Å². The van der Waals surface area contributed by atoms with E-state index in [-0.39, 0.29) is 10.9 Å². The molecule has 0 fully saturated rings. The molecule has 3 aromatic carbocycles. The molecule has 3 heteroatoms. The predicted octanol–water partition coefficient (Wildman–Crippen LogP) is 6.00. The van der Waals surface area contributed by atoms with Gasteiger partial charge >= 0.3 is 0 Å². The van der Waals surface area contributed by atoms with Gasteiger partial charge in [0.25, 0.3) is 6.08 Å². The Labute approximate surface area is 123 Å². The summed E-state index contributed by atoms with van der Waals surface area (Å²) in [6, 6.07) is 17.4. The van der Waals surface area contributed by atoms with Crippen LogP contribution in [0.25, 0.3) is 27.1 Å². The zero-order valence-corrected chi connectivity index (χ0v) is 12.1. The second-order valence-electron chi connectivity index (χ2n) is 4.56. The number of rotatable bonds is 2. The SMILES string of the molecule is FC(F)=C(CBr)c1cc2ccccc2c2ccccc12. The van der Waals surface area contributed by atoms with Crippen LogP contribution in [0.4, 0.5) is 8.78 Å². The van der Waals surface area contributed by atoms with Crippen LogP contribution in [-0.4, -0.2) is 5.33 Å². The summed E-state index contributed by atoms with van der Waals surface area (Å²) in [6.07, 6.45) is -1.64. The molecular formula is C17H11BrF2. The summed E-state index contributed by atoms with van der Waals surface area (Å²) in [4.78, 5) is 0. The van der Waals surface area contributed by atoms with Crippen molar-refractivity contribution in [3.8, 4) is 0 Å². The first-order chi connectivity index (χ1) is 9.72. The number of halogens is 3. The molecule has 0 amide bonds. The molecule has 0 nitrogen and oxygen atoms in total. The lowest BCUT2D eigenvalue weighted by Crippen LogP contribution is -1.91. The molecule has 3 rings (SSSR count). The highest BCUT2D eigenvalue weighted by Gasteiger charge is 2.13. The number of allylic oxidation sites excluding steroid dienone is 1. The molecule has 100 valence electrons. The standard InChI is InChI=1S/C17H11BrF2/c18-10-16(17(19)20)15-9-11-5-1-2-6-12(11)13-7-3-4-8-14(13)15/h1-9H,10H2. The highest BCUT2D eigenvalue weighted by atomic mass is 79.9. The summed E-state index contributed by atoms with van der Waals surface area (Å²) in [5.41, 5.74) is 0.642. The van der Waals surface area contributed by atoms with Crippen LogP contribution in [0.1, 0.15) is 5.56 Å². The van der Waals surface area contributed by atoms with Gasteiger partial charge in [0.05, 0.1) is 0 Å². The first-order valence-corrected chi connectivity index (χ1v) is 7.35. The predicted molar refractivity (Wildman–Crippen MR) is 84.4 cm³/mol. The molecule has 20 heavy (non-hydrogen) atoms. The van der Waals surface area contributed by atoms with Crippen molar-refractivity contribution in [1.82, 2.24) is 0 Å². The average molecular weight is 333 g/mol. The molecule has 0 aliphatic carbocycles. The highest BCUT2D eigenvalue weighted by molar-refractivity contribution is 9.09. The van der Waals surface area contributed by atoms with Crippen LogP contribution in [0.3, 0.4) is 0 Å². The van der Waals surface area contributed by atoms with Crippen LogP contribution in [0, 0.1) is 0 Å². The van der Waals surface area contributed by atoms with Crippen LogP contribution in [0.5, 0.6) is 0 Å². The van der Waals surface area contributed by atoms with Crippen LogP contribution in [0.2, 0.25) is 0 Å². The van der Waals surface area contributed by atoms with Crippen molar-refractivity contribution in [3.05, 3.63) is 66.2 Å². The van der Waals surface area contributed by atoms with E-state index in [0.29, 0.717) is 5.56 Å². The third kappa shape index (κ3) is 2.12. The van der Waals surface area contributed by atoms with E-state index < -0.39 is 6.08 Å². The minimum atomic E-state index is -1.64. The van der Waals surface area contributed by atoms with Gasteiger partial charge in [-0.1, -0.05) is 64.5 Å². The zero-order chi connectivity index (χ0) is 14.1. The molecule has 0 unspecified atom stereocenters. The first-order valence-electron chi connectivity index (χ1n) is 6.23. The highest BCUT2D eigenvalue weighted by Crippen LogP contribution is 2.34. The van der Waals surface area contributed by atoms with Gasteiger partial charge in [0.15, 0.2) is 0 Å². The van der Waals surface area contributed by atoms with E-state index >= 15 is 0 Å². The van der Waals surface area contributed by atoms with Gasteiger partial charge in [0.1, 0.15) is 0 Å². The van der Waals surface area contributed by atoms with Crippen molar-refractivity contribution in [2.24, 2.45) is 0 Å². The Morgan fingerprint density at radius 1 is 0.850 bits per heavy atom. The van der Waals surface area contributed by atoms with Gasteiger partial charge < -0.3 is 0 Å². The fourth-order valence-electron chi connectivity index (χ4n) is 2.53. The van der Waals surface area contributed by atoms with Crippen LogP contribution in [-0.2, 0) is 0 Å². The number of hydrogen-bond donors (Lipinski definition) is 0. The second-order valence-corrected chi connectivity index (χ2v) is 5.12. The Morgan fingerprint density at radius 2 is 1.45 bits per heavy atom. The summed E-state index contributed by atoms with van der Waals surface area (Å²) < 4.78 is 26.3. The van der Waals surface area contributed by atoms with Gasteiger partial charge in [-0.3, -0.25) is 0 Å². The lowest BCUT2D eigenvalue weighted by Gasteiger charge is -2.11. The molecule has 0 saturated carbocycles. The zero-order valence-electron chi connectivity index (χ0n) is 10.5. The van der Waals surface area contributed by atoms with E-state index in [1.165, 1.54) is 0 Å². The fraction of sp³-hybridized carbons (Fsp3) is 0.0588. The maximum absolute atomic E-state index is 13.2. The molecule has 0 aliphatic heterocycles. The number of alkyl halides is 1. The van der Waals surface area contributed by atoms with Gasteiger partial charge in [-0.05, 0) is 33.2 Å². The monoisotopic (exact) mass is 332 g/mol. The maximum Gasteiger partial charge on any atom is 0.274 e. The molecule has 3 aromatic rings. The molecule has 0 aromatic heterocycles. The van der Waals surface area contributed by atoms with Crippen LogP contribution in [0.15, 0.2) is 60.7 Å². The Bertz CT molecular complexity index is 817. The average Bonchev–Trinajstić information content (AvgIpc) is 2.48. The molecule has 0 saturated heterocycles. The van der Waals surface area contributed by atoms with E-state index in [2.05, 4.69) is 15.9 Å². The molecule has 0 N–H and O–H groups in total. The van der Waals surface area contributed by atoms with Gasteiger partial charge in [-0.2, -0.15) is 8.78 Å². The molecule has 0 bridgehead atoms. The first kappa shape index (κ1) is 13.3. The smallest absolute Gasteiger partial charge is 0.173 e. The van der Waals surface area contributed by atoms with Gasteiger partial charge in [0.2, 0.25) is 0 Å². The van der Waals surface area contributed by atoms with E-state index in [1.807, 2.05) is 54.6 Å². The maximum atomic E-state index is 13.2. The van der Waals surface area contributed by atoms with Crippen molar-refractivity contribution in [3.63, 3.8) is 0 Å². The Hall–Kier alpha value is -1.74. The Balaban J connectivity index is 2.50. The quantitative estimate of drug-likeness (QED) is 0.399. The normalized spacial score (nSPS) is 10.9. The van der Waals surface area contributed by atoms with Gasteiger partial charge in [0, 0.05) is 10.9 Å². The molecule has 0 atom stereocenters. The van der Waals surface area contributed by atoms with Crippen molar-refractivity contribution < 1.29 is 8.78 Å². The Morgan fingerprint density at radius 3 is 2.10 bits per heavy atom. The summed E-state index contributed by atoms with van der Waals surface area (Å²) in [5, 5.41) is 4.05. The lowest BCUT2D eigenvalue weighted by atomic mass is 9.94. The summed E-state index contributed by atoms with van der Waals surface area (Å²) in [5.74, 6) is 0. The number of fused-ring (bicyclic) bond motifs is 3. The Kier molecular flexibility index (Phi) is 3.53.